The van der Waals surface area contributed by atoms with Gasteiger partial charge in [0.1, 0.15) is 0 Å². The maximum absolute atomic E-state index is 12.3. The van der Waals surface area contributed by atoms with E-state index < -0.39 is 5.97 Å². The zero-order valence-corrected chi connectivity index (χ0v) is 12.7. The summed E-state index contributed by atoms with van der Waals surface area (Å²) < 4.78 is 10.3. The van der Waals surface area contributed by atoms with E-state index in [-0.39, 0.29) is 18.1 Å². The van der Waals surface area contributed by atoms with Crippen molar-refractivity contribution in [3.63, 3.8) is 0 Å². The lowest BCUT2D eigenvalue weighted by Gasteiger charge is -2.11. The van der Waals surface area contributed by atoms with E-state index in [1.54, 1.807) is 20.2 Å². The lowest BCUT2D eigenvalue weighted by atomic mass is 9.93. The number of carbonyl (C=O) groups excluding carboxylic acids is 2. The average molecular weight is 302 g/mol. The van der Waals surface area contributed by atoms with Gasteiger partial charge in [-0.1, -0.05) is 0 Å². The molecular formula is C16H18N2O4. The summed E-state index contributed by atoms with van der Waals surface area (Å²) in [6.07, 6.45) is 3.74. The fourth-order valence-electron chi connectivity index (χ4n) is 2.99. The number of fused-ring (bicyclic) bond motifs is 3. The largest absolute Gasteiger partial charge is 0.461 e. The second-order valence-corrected chi connectivity index (χ2v) is 5.29. The molecule has 0 bridgehead atoms. The summed E-state index contributed by atoms with van der Waals surface area (Å²) >= 11 is 0. The number of hydrogen-bond donors (Lipinski definition) is 1. The highest BCUT2D eigenvalue weighted by Crippen LogP contribution is 2.33. The number of aromatic nitrogens is 2. The van der Waals surface area contributed by atoms with E-state index in [9.17, 15) is 9.59 Å². The molecule has 0 aromatic carbocycles. The third kappa shape index (κ3) is 2.29. The molecule has 2 aromatic rings. The summed E-state index contributed by atoms with van der Waals surface area (Å²) in [7, 11) is 1.59. The van der Waals surface area contributed by atoms with Crippen LogP contribution < -0.4 is 0 Å². The highest BCUT2D eigenvalue weighted by Gasteiger charge is 2.27. The molecule has 0 atom stereocenters. The molecule has 0 spiro atoms. The van der Waals surface area contributed by atoms with Gasteiger partial charge in [0, 0.05) is 41.9 Å². The maximum atomic E-state index is 12.3. The molecule has 2 heterocycles. The van der Waals surface area contributed by atoms with E-state index in [2.05, 4.69) is 9.97 Å². The number of nitrogens with one attached hydrogen (secondary N) is 1. The predicted octanol–water partition coefficient (Wildman–Crippen LogP) is 2.41. The zero-order valence-electron chi connectivity index (χ0n) is 12.7. The van der Waals surface area contributed by atoms with Gasteiger partial charge in [-0.2, -0.15) is 0 Å². The van der Waals surface area contributed by atoms with Crippen LogP contribution in [0, 0.1) is 0 Å². The number of hydrogen-bond acceptors (Lipinski definition) is 5. The van der Waals surface area contributed by atoms with Gasteiger partial charge >= 0.3 is 5.97 Å². The van der Waals surface area contributed by atoms with Gasteiger partial charge in [0.2, 0.25) is 0 Å². The molecule has 0 fully saturated rings. The molecule has 1 aliphatic carbocycles. The van der Waals surface area contributed by atoms with Crippen LogP contribution in [-0.2, 0) is 22.5 Å². The summed E-state index contributed by atoms with van der Waals surface area (Å²) in [5, 5.41) is 0.750. The summed E-state index contributed by atoms with van der Waals surface area (Å²) in [5.74, 6) is -0.381. The number of rotatable bonds is 4. The van der Waals surface area contributed by atoms with E-state index >= 15 is 0 Å². The van der Waals surface area contributed by atoms with Crippen LogP contribution in [-0.4, -0.2) is 35.4 Å². The second-order valence-electron chi connectivity index (χ2n) is 5.29. The molecule has 0 saturated heterocycles. The molecule has 0 saturated carbocycles. The Bertz CT molecular complexity index is 748. The standard InChI is InChI=1S/C16H18N2O4/c1-3-22-16(20)15-14-12(9(7-17-15)8-21-2)13-10(18-14)5-4-6-11(13)19/h7,18H,3-6,8H2,1-2H3. The number of aromatic amines is 1. The van der Waals surface area contributed by atoms with E-state index in [0.29, 0.717) is 24.1 Å². The molecule has 0 amide bonds. The molecule has 6 nitrogen and oxygen atoms in total. The highest BCUT2D eigenvalue weighted by molar-refractivity contribution is 6.14. The Balaban J connectivity index is 2.27. The smallest absolute Gasteiger partial charge is 0.359 e. The molecule has 6 heteroatoms. The number of ether oxygens (including phenoxy) is 2. The third-order valence-electron chi connectivity index (χ3n) is 3.86. The van der Waals surface area contributed by atoms with Crippen LogP contribution in [0.1, 0.15) is 51.9 Å². The van der Waals surface area contributed by atoms with E-state index in [1.165, 1.54) is 0 Å². The zero-order chi connectivity index (χ0) is 15.7. The van der Waals surface area contributed by atoms with Gasteiger partial charge in [-0.25, -0.2) is 9.78 Å². The quantitative estimate of drug-likeness (QED) is 0.877. The molecule has 2 aromatic heterocycles. The Morgan fingerprint density at radius 1 is 1.41 bits per heavy atom. The SMILES string of the molecule is CCOC(=O)c1ncc(COC)c2c3c([nH]c12)CCCC3=O. The Hall–Kier alpha value is -2.21. The molecule has 3 rings (SSSR count). The molecule has 1 aliphatic rings. The van der Waals surface area contributed by atoms with Gasteiger partial charge in [0.15, 0.2) is 11.5 Å². The van der Waals surface area contributed by atoms with Gasteiger partial charge in [0.05, 0.1) is 18.7 Å². The van der Waals surface area contributed by atoms with Crippen LogP contribution in [0.15, 0.2) is 6.20 Å². The van der Waals surface area contributed by atoms with E-state index in [1.807, 2.05) is 0 Å². The Morgan fingerprint density at radius 3 is 2.95 bits per heavy atom. The topological polar surface area (TPSA) is 81.3 Å². The van der Waals surface area contributed by atoms with Crippen LogP contribution in [0.25, 0.3) is 10.9 Å². The van der Waals surface area contributed by atoms with Crippen molar-refractivity contribution in [2.45, 2.75) is 32.8 Å². The van der Waals surface area contributed by atoms with Crippen molar-refractivity contribution < 1.29 is 19.1 Å². The molecule has 0 aliphatic heterocycles. The first-order chi connectivity index (χ1) is 10.7. The van der Waals surface area contributed by atoms with Crippen molar-refractivity contribution in [2.75, 3.05) is 13.7 Å². The molecule has 22 heavy (non-hydrogen) atoms. The van der Waals surface area contributed by atoms with Crippen LogP contribution >= 0.6 is 0 Å². The number of H-pyrrole nitrogens is 1. The lowest BCUT2D eigenvalue weighted by molar-refractivity contribution is 0.0521. The second kappa shape index (κ2) is 5.88. The monoisotopic (exact) mass is 302 g/mol. The first-order valence-corrected chi connectivity index (χ1v) is 7.39. The van der Waals surface area contributed by atoms with Gasteiger partial charge in [-0.05, 0) is 19.8 Å². The minimum absolute atomic E-state index is 0.103. The Kier molecular flexibility index (Phi) is 3.94. The average Bonchev–Trinajstić information content (AvgIpc) is 2.89. The van der Waals surface area contributed by atoms with Gasteiger partial charge in [0.25, 0.3) is 0 Å². The number of ketones is 1. The third-order valence-corrected chi connectivity index (χ3v) is 3.86. The number of carbonyl (C=O) groups is 2. The summed E-state index contributed by atoms with van der Waals surface area (Å²) in [4.78, 5) is 31.9. The fraction of sp³-hybridized carbons (Fsp3) is 0.438. The Morgan fingerprint density at radius 2 is 2.23 bits per heavy atom. The van der Waals surface area contributed by atoms with E-state index in [0.717, 1.165) is 29.5 Å². The number of aryl methyl sites for hydroxylation is 1. The predicted molar refractivity (Wildman–Crippen MR) is 80.0 cm³/mol. The highest BCUT2D eigenvalue weighted by atomic mass is 16.5. The first-order valence-electron chi connectivity index (χ1n) is 7.39. The van der Waals surface area contributed by atoms with Crippen molar-refractivity contribution in [1.82, 2.24) is 9.97 Å². The lowest BCUT2D eigenvalue weighted by Crippen LogP contribution is -2.10. The van der Waals surface area contributed by atoms with Crippen LogP contribution in [0.5, 0.6) is 0 Å². The first kappa shape index (κ1) is 14.7. The number of methoxy groups -OCH3 is 1. The Labute approximate surface area is 127 Å². The van der Waals surface area contributed by atoms with Crippen molar-refractivity contribution in [2.24, 2.45) is 0 Å². The van der Waals surface area contributed by atoms with Gasteiger partial charge in [-0.15, -0.1) is 0 Å². The van der Waals surface area contributed by atoms with Crippen molar-refractivity contribution in [1.29, 1.82) is 0 Å². The van der Waals surface area contributed by atoms with Crippen LogP contribution in [0.3, 0.4) is 0 Å². The minimum atomic E-state index is -0.484. The minimum Gasteiger partial charge on any atom is -0.461 e. The number of Topliss-reactive ketones (excluding diaryl/α,β-unsaturated/α-hetero) is 1. The van der Waals surface area contributed by atoms with Crippen molar-refractivity contribution in [3.8, 4) is 0 Å². The maximum Gasteiger partial charge on any atom is 0.359 e. The summed E-state index contributed by atoms with van der Waals surface area (Å²) in [6.45, 7) is 2.36. The molecule has 116 valence electrons. The normalized spacial score (nSPS) is 14.2. The van der Waals surface area contributed by atoms with Gasteiger partial charge < -0.3 is 14.5 Å². The van der Waals surface area contributed by atoms with Crippen molar-refractivity contribution >= 4 is 22.7 Å². The number of pyridine rings is 1. The molecule has 0 radical (unpaired) electrons. The van der Waals surface area contributed by atoms with Crippen LogP contribution in [0.2, 0.25) is 0 Å². The molecule has 0 unspecified atom stereocenters. The molecule has 1 N–H and O–H groups in total. The summed E-state index contributed by atoms with van der Waals surface area (Å²) in [6, 6.07) is 0. The van der Waals surface area contributed by atoms with Crippen molar-refractivity contribution in [3.05, 3.63) is 28.7 Å². The number of esters is 1. The number of nitrogens with zero attached hydrogens (tertiary/aromatic N) is 1. The fourth-order valence-corrected chi connectivity index (χ4v) is 2.99. The van der Waals surface area contributed by atoms with Gasteiger partial charge in [-0.3, -0.25) is 4.79 Å². The van der Waals surface area contributed by atoms with Crippen LogP contribution in [0.4, 0.5) is 0 Å². The molecular weight excluding hydrogens is 284 g/mol. The summed E-state index contributed by atoms with van der Waals surface area (Å²) in [5.41, 5.74) is 3.16. The van der Waals surface area contributed by atoms with E-state index in [4.69, 9.17) is 9.47 Å².